The van der Waals surface area contributed by atoms with Crippen LogP contribution in [0.4, 0.5) is 9.59 Å². The highest BCUT2D eigenvalue weighted by molar-refractivity contribution is 8.12. The number of rotatable bonds is 0. The molecular weight excluding hydrogens is 204 g/mol. The highest BCUT2D eigenvalue weighted by Gasteiger charge is 2.27. The molecule has 0 unspecified atom stereocenters. The summed E-state index contributed by atoms with van der Waals surface area (Å²) in [7, 11) is 0. The molecule has 0 aromatic rings. The van der Waals surface area contributed by atoms with Gasteiger partial charge in [0.25, 0.3) is 5.24 Å². The summed E-state index contributed by atoms with van der Waals surface area (Å²) in [5.74, 6) is 0. The lowest BCUT2D eigenvalue weighted by Crippen LogP contribution is -2.43. The van der Waals surface area contributed by atoms with Crippen molar-refractivity contribution in [2.24, 2.45) is 0 Å². The van der Waals surface area contributed by atoms with Crippen LogP contribution in [0.25, 0.3) is 0 Å². The molecule has 0 aromatic heterocycles. The predicted octanol–water partition coefficient (Wildman–Crippen LogP) is 1.59. The zero-order chi connectivity index (χ0) is 10.8. The van der Waals surface area contributed by atoms with Gasteiger partial charge in [-0.2, -0.15) is 0 Å². The topological polar surface area (TPSA) is 58.6 Å². The first-order chi connectivity index (χ1) is 6.38. The van der Waals surface area contributed by atoms with E-state index in [1.54, 1.807) is 20.8 Å². The van der Waals surface area contributed by atoms with Gasteiger partial charge in [0.05, 0.1) is 18.5 Å². The molecule has 1 heterocycles. The van der Waals surface area contributed by atoms with Crippen LogP contribution in [0.3, 0.4) is 0 Å². The van der Waals surface area contributed by atoms with E-state index in [0.29, 0.717) is 13.1 Å². The summed E-state index contributed by atoms with van der Waals surface area (Å²) in [5, 5.41) is 2.38. The predicted molar refractivity (Wildman–Crippen MR) is 53.9 cm³/mol. The molecule has 1 fully saturated rings. The molecule has 0 radical (unpaired) electrons. The molecule has 1 N–H and O–H groups in total. The average molecular weight is 218 g/mol. The van der Waals surface area contributed by atoms with Gasteiger partial charge in [-0.1, -0.05) is 0 Å². The fraction of sp³-hybridized carbons (Fsp3) is 0.750. The SMILES string of the molecule is CC(C)(C)OC(=O)N1CCNC(=O)S1. The van der Waals surface area contributed by atoms with Gasteiger partial charge in [-0.15, -0.1) is 0 Å². The van der Waals surface area contributed by atoms with Gasteiger partial charge in [0, 0.05) is 6.54 Å². The standard InChI is InChI=1S/C8H14N2O3S/c1-8(2,3)13-7(12)10-5-4-9-6(11)14-10/h4-5H2,1-3H3,(H,9,11). The molecule has 0 aromatic carbocycles. The third kappa shape index (κ3) is 3.45. The van der Waals surface area contributed by atoms with Crippen molar-refractivity contribution in [1.82, 2.24) is 9.62 Å². The van der Waals surface area contributed by atoms with E-state index in [0.717, 1.165) is 11.9 Å². The maximum atomic E-state index is 11.5. The summed E-state index contributed by atoms with van der Waals surface area (Å²) in [6.45, 7) is 6.33. The monoisotopic (exact) mass is 218 g/mol. The number of carbonyl (C=O) groups excluding carboxylic acids is 2. The lowest BCUT2D eigenvalue weighted by molar-refractivity contribution is 0.0404. The highest BCUT2D eigenvalue weighted by Crippen LogP contribution is 2.18. The maximum absolute atomic E-state index is 11.5. The van der Waals surface area contributed by atoms with Crippen molar-refractivity contribution >= 4 is 23.3 Å². The van der Waals surface area contributed by atoms with Crippen LogP contribution in [-0.2, 0) is 4.74 Å². The normalized spacial score (nSPS) is 17.6. The first-order valence-electron chi connectivity index (χ1n) is 4.35. The average Bonchev–Trinajstić information content (AvgIpc) is 2.01. The molecule has 0 aliphatic carbocycles. The van der Waals surface area contributed by atoms with Crippen molar-refractivity contribution in [3.63, 3.8) is 0 Å². The van der Waals surface area contributed by atoms with Crippen LogP contribution in [0.1, 0.15) is 20.8 Å². The van der Waals surface area contributed by atoms with Crippen LogP contribution < -0.4 is 5.32 Å². The van der Waals surface area contributed by atoms with Crippen LogP contribution in [-0.4, -0.2) is 34.3 Å². The molecule has 14 heavy (non-hydrogen) atoms. The summed E-state index contributed by atoms with van der Waals surface area (Å²) >= 11 is 0.844. The van der Waals surface area contributed by atoms with Gasteiger partial charge in [-0.3, -0.25) is 4.79 Å². The molecule has 0 spiro atoms. The summed E-state index contributed by atoms with van der Waals surface area (Å²) in [4.78, 5) is 22.4. The Morgan fingerprint density at radius 1 is 1.57 bits per heavy atom. The van der Waals surface area contributed by atoms with Crippen molar-refractivity contribution in [2.45, 2.75) is 26.4 Å². The Morgan fingerprint density at radius 3 is 2.71 bits per heavy atom. The molecular formula is C8H14N2O3S. The Balaban J connectivity index is 2.48. The van der Waals surface area contributed by atoms with Crippen LogP contribution in [0.5, 0.6) is 0 Å². The molecule has 1 saturated heterocycles. The number of ether oxygens (including phenoxy) is 1. The molecule has 0 atom stereocenters. The Bertz CT molecular complexity index is 249. The van der Waals surface area contributed by atoms with E-state index in [-0.39, 0.29) is 5.24 Å². The number of nitrogens with zero attached hydrogens (tertiary/aromatic N) is 1. The molecule has 80 valence electrons. The summed E-state index contributed by atoms with van der Waals surface area (Å²) in [5.41, 5.74) is -0.522. The summed E-state index contributed by atoms with van der Waals surface area (Å²) in [6.07, 6.45) is -0.461. The second-order valence-electron chi connectivity index (χ2n) is 3.89. The molecule has 6 heteroatoms. The second kappa shape index (κ2) is 4.08. The lowest BCUT2D eigenvalue weighted by Gasteiger charge is -2.28. The van der Waals surface area contributed by atoms with E-state index < -0.39 is 11.7 Å². The van der Waals surface area contributed by atoms with E-state index in [2.05, 4.69) is 5.32 Å². The van der Waals surface area contributed by atoms with Crippen molar-refractivity contribution in [3.05, 3.63) is 0 Å². The Labute approximate surface area is 87.3 Å². The molecule has 0 saturated carbocycles. The second-order valence-corrected chi connectivity index (χ2v) is 4.88. The molecule has 1 rings (SSSR count). The van der Waals surface area contributed by atoms with E-state index >= 15 is 0 Å². The van der Waals surface area contributed by atoms with Crippen LogP contribution in [0.15, 0.2) is 0 Å². The van der Waals surface area contributed by atoms with Gasteiger partial charge in [-0.05, 0) is 20.8 Å². The Hall–Kier alpha value is -0.910. The van der Waals surface area contributed by atoms with Crippen LogP contribution in [0, 0.1) is 0 Å². The van der Waals surface area contributed by atoms with Gasteiger partial charge >= 0.3 is 6.09 Å². The number of carbonyl (C=O) groups is 2. The largest absolute Gasteiger partial charge is 0.443 e. The van der Waals surface area contributed by atoms with Crippen molar-refractivity contribution in [2.75, 3.05) is 13.1 Å². The van der Waals surface area contributed by atoms with Gasteiger partial charge in [-0.25, -0.2) is 9.10 Å². The van der Waals surface area contributed by atoms with E-state index in [9.17, 15) is 9.59 Å². The van der Waals surface area contributed by atoms with Gasteiger partial charge in [0.1, 0.15) is 5.60 Å². The number of nitrogens with one attached hydrogen (secondary N) is 1. The zero-order valence-electron chi connectivity index (χ0n) is 8.49. The van der Waals surface area contributed by atoms with Crippen LogP contribution >= 0.6 is 11.9 Å². The minimum Gasteiger partial charge on any atom is -0.443 e. The quantitative estimate of drug-likeness (QED) is 0.627. The third-order valence-electron chi connectivity index (χ3n) is 1.37. The van der Waals surface area contributed by atoms with E-state index in [4.69, 9.17) is 4.74 Å². The third-order valence-corrected chi connectivity index (χ3v) is 2.24. The maximum Gasteiger partial charge on any atom is 0.420 e. The first kappa shape index (κ1) is 11.2. The number of amides is 2. The Kier molecular flexibility index (Phi) is 3.25. The molecule has 1 aliphatic heterocycles. The lowest BCUT2D eigenvalue weighted by atomic mass is 10.2. The zero-order valence-corrected chi connectivity index (χ0v) is 9.31. The number of hydrogen-bond acceptors (Lipinski definition) is 4. The van der Waals surface area contributed by atoms with Crippen molar-refractivity contribution < 1.29 is 14.3 Å². The fourth-order valence-corrected chi connectivity index (χ4v) is 1.54. The van der Waals surface area contributed by atoms with Crippen molar-refractivity contribution in [3.8, 4) is 0 Å². The molecule has 5 nitrogen and oxygen atoms in total. The van der Waals surface area contributed by atoms with Gasteiger partial charge < -0.3 is 10.1 Å². The van der Waals surface area contributed by atoms with E-state index in [1.165, 1.54) is 4.31 Å². The molecule has 0 bridgehead atoms. The first-order valence-corrected chi connectivity index (χ1v) is 5.12. The smallest absolute Gasteiger partial charge is 0.420 e. The Morgan fingerprint density at radius 2 is 2.21 bits per heavy atom. The van der Waals surface area contributed by atoms with E-state index in [1.807, 2.05) is 0 Å². The molecule has 2 amide bonds. The minimum atomic E-state index is -0.522. The van der Waals surface area contributed by atoms with Crippen molar-refractivity contribution in [1.29, 1.82) is 0 Å². The van der Waals surface area contributed by atoms with Gasteiger partial charge in [0.15, 0.2) is 0 Å². The van der Waals surface area contributed by atoms with Crippen LogP contribution in [0.2, 0.25) is 0 Å². The minimum absolute atomic E-state index is 0.220. The fourth-order valence-electron chi connectivity index (χ4n) is 0.879. The summed E-state index contributed by atoms with van der Waals surface area (Å²) < 4.78 is 6.44. The highest BCUT2D eigenvalue weighted by atomic mass is 32.2. The summed E-state index contributed by atoms with van der Waals surface area (Å²) in [6, 6.07) is 0. The number of hydrogen-bond donors (Lipinski definition) is 1. The molecule has 1 aliphatic rings. The van der Waals surface area contributed by atoms with Gasteiger partial charge in [0.2, 0.25) is 0 Å².